The Hall–Kier alpha value is -4.48. The first kappa shape index (κ1) is 43.1. The second-order valence-corrected chi connectivity index (χ2v) is 25.0. The number of benzene rings is 2. The minimum absolute atomic E-state index is 0.000378. The second-order valence-electron chi connectivity index (χ2n) is 16.3. The number of imidazole rings is 2. The molecule has 2 fully saturated rings. The maximum atomic E-state index is 11.7. The van der Waals surface area contributed by atoms with Crippen LogP contribution in [0.15, 0.2) is 24.3 Å². The maximum Gasteiger partial charge on any atom is 0.303 e. The van der Waals surface area contributed by atoms with Crippen LogP contribution in [-0.4, -0.2) is 106 Å². The van der Waals surface area contributed by atoms with Gasteiger partial charge in [-0.2, -0.15) is 10.5 Å². The van der Waals surface area contributed by atoms with Gasteiger partial charge in [0.05, 0.1) is 59.6 Å². The molecule has 2 heterocycles. The number of carbonyl (C=O) groups excluding carboxylic acids is 2. The first-order chi connectivity index (χ1) is 27.7. The van der Waals surface area contributed by atoms with Gasteiger partial charge in [0, 0.05) is 37.5 Å². The molecule has 0 atom stereocenters. The van der Waals surface area contributed by atoms with E-state index in [1.807, 2.05) is 15.2 Å². The fourth-order valence-corrected chi connectivity index (χ4v) is 11.3. The molecule has 0 unspecified atom stereocenters. The van der Waals surface area contributed by atoms with Crippen molar-refractivity contribution in [1.82, 2.24) is 19.1 Å². The zero-order chi connectivity index (χ0) is 41.5. The Morgan fingerprint density at radius 1 is 0.672 bits per heavy atom. The molecule has 58 heavy (non-hydrogen) atoms. The second kappa shape index (κ2) is 19.1. The zero-order valence-electron chi connectivity index (χ0n) is 34.5. The van der Waals surface area contributed by atoms with E-state index in [0.29, 0.717) is 83.6 Å². The molecule has 0 bridgehead atoms. The van der Waals surface area contributed by atoms with Crippen LogP contribution in [-0.2, 0) is 55.2 Å². The molecule has 4 aromatic rings. The largest absolute Gasteiger partial charge is 0.492 e. The standard InChI is InChI=1S/C42H56N6O8S2/c1-29(49)53-25-41-45-35-17-33(21-43)40(56-24-32-9-10-32)20-38(35)48(41)28-52-12-14-58(5,6)16-15-57(3,4)13-11-51-27-47-37-18-34(22-44)39(55-23-31-7-8-31)19-36(37)46-42(47)26-54-30(2)50/h17-20,31-32H,7-16,23-28H2,1-6H3. The van der Waals surface area contributed by atoms with E-state index >= 15 is 0 Å². The molecular formula is C42H56N6O8S2. The Balaban J connectivity index is 1.01. The third-order valence-electron chi connectivity index (χ3n) is 10.4. The molecule has 0 saturated heterocycles. The van der Waals surface area contributed by atoms with Gasteiger partial charge in [-0.3, -0.25) is 9.59 Å². The summed E-state index contributed by atoms with van der Waals surface area (Å²) in [5, 5.41) is 19.7. The number of hydrogen-bond donors (Lipinski definition) is 0. The summed E-state index contributed by atoms with van der Waals surface area (Å²) in [6.07, 6.45) is 14.0. The molecule has 2 aliphatic carbocycles. The molecule has 0 N–H and O–H groups in total. The molecule has 0 radical (unpaired) electrons. The molecule has 6 rings (SSSR count). The lowest BCUT2D eigenvalue weighted by Crippen LogP contribution is -2.20. The number of rotatable bonds is 23. The van der Waals surface area contributed by atoms with Gasteiger partial charge in [-0.1, -0.05) is 0 Å². The fraction of sp³-hybridized carbons (Fsp3) is 0.571. The average Bonchev–Trinajstić information content (AvgIpc) is 4.13. The number of carbonyl (C=O) groups is 2. The minimum atomic E-state index is -0.968. The predicted molar refractivity (Wildman–Crippen MR) is 227 cm³/mol. The zero-order valence-corrected chi connectivity index (χ0v) is 36.2. The molecule has 2 aromatic heterocycles. The van der Waals surface area contributed by atoms with Gasteiger partial charge in [0.2, 0.25) is 0 Å². The van der Waals surface area contributed by atoms with E-state index in [2.05, 4.69) is 42.1 Å². The van der Waals surface area contributed by atoms with Crippen LogP contribution in [0.5, 0.6) is 11.5 Å². The molecule has 2 saturated carbocycles. The van der Waals surface area contributed by atoms with E-state index in [-0.39, 0.29) is 26.7 Å². The third-order valence-corrected chi connectivity index (χ3v) is 15.9. The number of ether oxygens (including phenoxy) is 6. The normalized spacial score (nSPS) is 14.9. The van der Waals surface area contributed by atoms with Gasteiger partial charge < -0.3 is 37.6 Å². The SMILES string of the molecule is CC(=O)OCc1nc2cc(OCC3CC3)c(C#N)cc2n1COCCS(C)(C)CCS(C)(C)CCOCn1c(COC(C)=O)nc2cc(C#N)c(OCC3CC3)cc21. The summed E-state index contributed by atoms with van der Waals surface area (Å²) < 4.78 is 38.9. The van der Waals surface area contributed by atoms with E-state index in [1.54, 1.807) is 18.2 Å². The summed E-state index contributed by atoms with van der Waals surface area (Å²) in [5.74, 6) is 6.47. The summed E-state index contributed by atoms with van der Waals surface area (Å²) in [5.41, 5.74) is 3.64. The van der Waals surface area contributed by atoms with E-state index in [0.717, 1.165) is 59.7 Å². The number of hydrogen-bond acceptors (Lipinski definition) is 12. The smallest absolute Gasteiger partial charge is 0.303 e. The molecular weight excluding hydrogens is 781 g/mol. The Kier molecular flexibility index (Phi) is 14.2. The van der Waals surface area contributed by atoms with Crippen LogP contribution in [0, 0.1) is 34.5 Å². The number of fused-ring (bicyclic) bond motifs is 2. The van der Waals surface area contributed by atoms with Crippen molar-refractivity contribution in [3.05, 3.63) is 47.0 Å². The Labute approximate surface area is 343 Å². The molecule has 0 aliphatic heterocycles. The van der Waals surface area contributed by atoms with Gasteiger partial charge in [-0.15, -0.1) is 0 Å². The van der Waals surface area contributed by atoms with Gasteiger partial charge in [0.1, 0.15) is 62.0 Å². The molecule has 2 aliphatic rings. The molecule has 314 valence electrons. The first-order valence-electron chi connectivity index (χ1n) is 19.7. The van der Waals surface area contributed by atoms with Gasteiger partial charge in [-0.25, -0.2) is 30.0 Å². The van der Waals surface area contributed by atoms with E-state index in [9.17, 15) is 20.1 Å². The summed E-state index contributed by atoms with van der Waals surface area (Å²) in [4.78, 5) is 32.7. The number of aromatic nitrogens is 4. The van der Waals surface area contributed by atoms with Gasteiger partial charge in [-0.05, 0) is 86.2 Å². The highest BCUT2D eigenvalue weighted by Crippen LogP contribution is 2.47. The van der Waals surface area contributed by atoms with Crippen LogP contribution in [0.4, 0.5) is 0 Å². The monoisotopic (exact) mass is 836 g/mol. The van der Waals surface area contributed by atoms with Crippen LogP contribution in [0.1, 0.15) is 62.3 Å². The van der Waals surface area contributed by atoms with Crippen molar-refractivity contribution >= 4 is 54.1 Å². The third kappa shape index (κ3) is 12.0. The summed E-state index contributed by atoms with van der Waals surface area (Å²) in [7, 11) is -1.93. The average molecular weight is 837 g/mol. The highest BCUT2D eigenvalue weighted by molar-refractivity contribution is 8.35. The summed E-state index contributed by atoms with van der Waals surface area (Å²) in [6.45, 7) is 5.46. The topological polar surface area (TPSA) is 173 Å². The number of nitriles is 2. The fourth-order valence-electron chi connectivity index (χ4n) is 6.18. The van der Waals surface area contributed by atoms with E-state index in [4.69, 9.17) is 33.4 Å². The highest BCUT2D eigenvalue weighted by atomic mass is 32.3. The molecule has 2 aromatic carbocycles. The maximum absolute atomic E-state index is 11.7. The van der Waals surface area contributed by atoms with E-state index in [1.165, 1.54) is 13.8 Å². The molecule has 14 nitrogen and oxygen atoms in total. The van der Waals surface area contributed by atoms with Crippen molar-refractivity contribution in [2.24, 2.45) is 11.8 Å². The van der Waals surface area contributed by atoms with Crippen molar-refractivity contribution in [3.63, 3.8) is 0 Å². The lowest BCUT2D eigenvalue weighted by Gasteiger charge is -2.38. The van der Waals surface area contributed by atoms with Gasteiger partial charge in [0.25, 0.3) is 0 Å². The van der Waals surface area contributed by atoms with Gasteiger partial charge >= 0.3 is 11.9 Å². The number of nitrogens with zero attached hydrogens (tertiary/aromatic N) is 6. The number of esters is 2. The highest BCUT2D eigenvalue weighted by Gasteiger charge is 2.25. The summed E-state index contributed by atoms with van der Waals surface area (Å²) >= 11 is 0. The van der Waals surface area contributed by atoms with Crippen molar-refractivity contribution < 1.29 is 38.0 Å². The quantitative estimate of drug-likeness (QED) is 0.0579. The van der Waals surface area contributed by atoms with Crippen molar-refractivity contribution in [3.8, 4) is 23.6 Å². The van der Waals surface area contributed by atoms with Crippen LogP contribution >= 0.6 is 20.1 Å². The molecule has 0 amide bonds. The Bertz CT molecular complexity index is 2200. The van der Waals surface area contributed by atoms with Gasteiger partial charge in [0.15, 0.2) is 0 Å². The van der Waals surface area contributed by atoms with Crippen molar-refractivity contribution in [2.75, 3.05) is 74.5 Å². The van der Waals surface area contributed by atoms with Crippen LogP contribution in [0.25, 0.3) is 22.1 Å². The summed E-state index contributed by atoms with van der Waals surface area (Å²) in [6, 6.07) is 11.6. The Morgan fingerprint density at radius 3 is 1.55 bits per heavy atom. The first-order valence-corrected chi connectivity index (χ1v) is 25.2. The molecule has 16 heteroatoms. The lowest BCUT2D eigenvalue weighted by atomic mass is 10.2. The minimum Gasteiger partial charge on any atom is -0.492 e. The van der Waals surface area contributed by atoms with Crippen molar-refractivity contribution in [2.45, 2.75) is 66.2 Å². The van der Waals surface area contributed by atoms with Crippen LogP contribution in [0.3, 0.4) is 0 Å². The van der Waals surface area contributed by atoms with Crippen LogP contribution in [0.2, 0.25) is 0 Å². The van der Waals surface area contributed by atoms with Crippen molar-refractivity contribution in [1.29, 1.82) is 10.5 Å². The Morgan fingerprint density at radius 2 is 1.10 bits per heavy atom. The lowest BCUT2D eigenvalue weighted by molar-refractivity contribution is -0.143. The molecule has 0 spiro atoms. The predicted octanol–water partition coefficient (Wildman–Crippen LogP) is 6.61. The van der Waals surface area contributed by atoms with E-state index < -0.39 is 32.0 Å². The van der Waals surface area contributed by atoms with Crippen LogP contribution < -0.4 is 9.47 Å².